The van der Waals surface area contributed by atoms with Gasteiger partial charge in [0.25, 0.3) is 5.91 Å². The molecular formula is C10H16F5N3O. The number of nitrogens with zero attached hydrogens (tertiary/aromatic N) is 2. The van der Waals surface area contributed by atoms with Gasteiger partial charge in [-0.05, 0) is 14.1 Å². The fourth-order valence-electron chi connectivity index (χ4n) is 1.77. The second-order valence-corrected chi connectivity index (χ2v) is 4.68. The van der Waals surface area contributed by atoms with Crippen molar-refractivity contribution in [1.29, 1.82) is 0 Å². The molecule has 0 aromatic carbocycles. The molecular weight excluding hydrogens is 273 g/mol. The summed E-state index contributed by atoms with van der Waals surface area (Å²) in [6, 6.07) is -0.285. The Morgan fingerprint density at radius 2 is 1.79 bits per heavy atom. The van der Waals surface area contributed by atoms with Crippen molar-refractivity contribution < 1.29 is 26.7 Å². The molecule has 4 nitrogen and oxygen atoms in total. The summed E-state index contributed by atoms with van der Waals surface area (Å²) in [7, 11) is 3.54. The Morgan fingerprint density at radius 3 is 2.32 bits per heavy atom. The summed E-state index contributed by atoms with van der Waals surface area (Å²) < 4.78 is 61.3. The van der Waals surface area contributed by atoms with Gasteiger partial charge in [-0.25, -0.2) is 0 Å². The molecule has 1 rings (SSSR count). The largest absolute Gasteiger partial charge is 0.463 e. The lowest BCUT2D eigenvalue weighted by atomic mass is 10.2. The summed E-state index contributed by atoms with van der Waals surface area (Å²) in [6.07, 6.45) is -5.87. The minimum absolute atomic E-state index is 0.245. The molecule has 19 heavy (non-hydrogen) atoms. The molecule has 0 aromatic heterocycles. The Balaban J connectivity index is 2.54. The summed E-state index contributed by atoms with van der Waals surface area (Å²) >= 11 is 0. The molecule has 0 radical (unpaired) electrons. The Hall–Kier alpha value is -0.960. The summed E-state index contributed by atoms with van der Waals surface area (Å²) in [5, 5.41) is 1.67. The number of amides is 1. The monoisotopic (exact) mass is 289 g/mol. The molecule has 0 aromatic rings. The summed E-state index contributed by atoms with van der Waals surface area (Å²) in [6.45, 7) is 1.69. The van der Waals surface area contributed by atoms with E-state index in [1.54, 1.807) is 12.4 Å². The molecule has 112 valence electrons. The Morgan fingerprint density at radius 1 is 1.21 bits per heavy atom. The van der Waals surface area contributed by atoms with Gasteiger partial charge < -0.3 is 10.2 Å². The van der Waals surface area contributed by atoms with Gasteiger partial charge in [0.1, 0.15) is 0 Å². The number of hydrogen-bond acceptors (Lipinski definition) is 3. The molecule has 1 N–H and O–H groups in total. The summed E-state index contributed by atoms with van der Waals surface area (Å²) in [5.41, 5.74) is 0. The minimum Gasteiger partial charge on any atom is -0.349 e. The van der Waals surface area contributed by atoms with Crippen LogP contribution in [-0.4, -0.2) is 74.1 Å². The van der Waals surface area contributed by atoms with Gasteiger partial charge in [-0.15, -0.1) is 0 Å². The van der Waals surface area contributed by atoms with Crippen LogP contribution in [0.5, 0.6) is 0 Å². The van der Waals surface area contributed by atoms with Crippen molar-refractivity contribution in [3.8, 4) is 0 Å². The average Bonchev–Trinajstić information content (AvgIpc) is 2.28. The molecule has 1 heterocycles. The first-order valence-electron chi connectivity index (χ1n) is 5.67. The van der Waals surface area contributed by atoms with Crippen LogP contribution in [-0.2, 0) is 4.79 Å². The Kier molecular flexibility index (Phi) is 4.72. The van der Waals surface area contributed by atoms with E-state index in [0.29, 0.717) is 13.1 Å². The number of nitrogens with one attached hydrogen (secondary N) is 1. The smallest absolute Gasteiger partial charge is 0.349 e. The third kappa shape index (κ3) is 3.75. The molecule has 0 saturated carbocycles. The molecule has 0 spiro atoms. The van der Waals surface area contributed by atoms with Crippen LogP contribution in [0, 0.1) is 0 Å². The van der Waals surface area contributed by atoms with Gasteiger partial charge in [-0.1, -0.05) is 0 Å². The number of hydrogen-bond donors (Lipinski definition) is 1. The van der Waals surface area contributed by atoms with E-state index in [1.807, 2.05) is 16.8 Å². The third-order valence-corrected chi connectivity index (χ3v) is 3.12. The minimum atomic E-state index is -5.87. The fraction of sp³-hybridized carbons (Fsp3) is 0.900. The molecule has 0 bridgehead atoms. The van der Waals surface area contributed by atoms with Crippen LogP contribution < -0.4 is 5.32 Å². The van der Waals surface area contributed by atoms with Gasteiger partial charge in [0.05, 0.1) is 0 Å². The molecule has 9 heteroatoms. The number of carbonyl (C=O) groups excluding carboxylic acids is 1. The lowest BCUT2D eigenvalue weighted by Gasteiger charge is -2.37. The Labute approximate surface area is 107 Å². The van der Waals surface area contributed by atoms with Gasteiger partial charge in [0, 0.05) is 32.2 Å². The van der Waals surface area contributed by atoms with Crippen LogP contribution in [0.15, 0.2) is 0 Å². The molecule has 1 fully saturated rings. The van der Waals surface area contributed by atoms with Crippen molar-refractivity contribution in [2.24, 2.45) is 0 Å². The Bertz CT molecular complexity index is 334. The van der Waals surface area contributed by atoms with E-state index in [0.717, 1.165) is 6.54 Å². The van der Waals surface area contributed by atoms with Crippen LogP contribution >= 0.6 is 0 Å². The lowest BCUT2D eigenvalue weighted by Crippen LogP contribution is -2.57. The summed E-state index contributed by atoms with van der Waals surface area (Å²) in [5.74, 6) is -7.66. The lowest BCUT2D eigenvalue weighted by molar-refractivity contribution is -0.269. The zero-order valence-corrected chi connectivity index (χ0v) is 10.6. The fourth-order valence-corrected chi connectivity index (χ4v) is 1.77. The van der Waals surface area contributed by atoms with E-state index < -0.39 is 18.0 Å². The highest BCUT2D eigenvalue weighted by atomic mass is 19.4. The number of rotatable bonds is 3. The van der Waals surface area contributed by atoms with Gasteiger partial charge in [0.2, 0.25) is 0 Å². The highest BCUT2D eigenvalue weighted by Crippen LogP contribution is 2.35. The number of alkyl halides is 5. The first-order chi connectivity index (χ1) is 8.55. The van der Waals surface area contributed by atoms with E-state index in [9.17, 15) is 26.7 Å². The maximum Gasteiger partial charge on any atom is 0.463 e. The van der Waals surface area contributed by atoms with E-state index >= 15 is 0 Å². The molecule has 1 amide bonds. The maximum absolute atomic E-state index is 12.7. The molecule has 1 saturated heterocycles. The van der Waals surface area contributed by atoms with E-state index in [4.69, 9.17) is 0 Å². The standard InChI is InChI=1S/C10H16F5N3O/c1-17-3-4-18(2)7(6-17)5-16-8(19)9(11,12)10(13,14)15/h7H,3-6H2,1-2H3,(H,16,19). The van der Waals surface area contributed by atoms with Crippen LogP contribution in [0.3, 0.4) is 0 Å². The zero-order chi connectivity index (χ0) is 14.8. The number of halogens is 5. The normalized spacial score (nSPS) is 23.4. The van der Waals surface area contributed by atoms with Crippen LogP contribution in [0.4, 0.5) is 22.0 Å². The van der Waals surface area contributed by atoms with E-state index in [1.165, 1.54) is 0 Å². The molecule has 1 atom stereocenters. The van der Waals surface area contributed by atoms with Crippen molar-refractivity contribution in [2.75, 3.05) is 40.3 Å². The first kappa shape index (κ1) is 16.1. The third-order valence-electron chi connectivity index (χ3n) is 3.12. The highest BCUT2D eigenvalue weighted by Gasteiger charge is 2.63. The van der Waals surface area contributed by atoms with Gasteiger partial charge in [-0.3, -0.25) is 9.69 Å². The number of piperazine rings is 1. The molecule has 1 aliphatic rings. The van der Waals surface area contributed by atoms with E-state index in [2.05, 4.69) is 0 Å². The average molecular weight is 289 g/mol. The topological polar surface area (TPSA) is 35.6 Å². The summed E-state index contributed by atoms with van der Waals surface area (Å²) in [4.78, 5) is 14.7. The van der Waals surface area contributed by atoms with E-state index in [-0.39, 0.29) is 12.6 Å². The first-order valence-corrected chi connectivity index (χ1v) is 5.67. The SMILES string of the molecule is CN1CCN(C)C(CNC(=O)C(F)(F)C(F)(F)F)C1. The van der Waals surface area contributed by atoms with Crippen molar-refractivity contribution in [3.63, 3.8) is 0 Å². The van der Waals surface area contributed by atoms with Crippen LogP contribution in [0.1, 0.15) is 0 Å². The quantitative estimate of drug-likeness (QED) is 0.771. The molecule has 0 aliphatic carbocycles. The van der Waals surface area contributed by atoms with Crippen molar-refractivity contribution in [3.05, 3.63) is 0 Å². The van der Waals surface area contributed by atoms with Crippen molar-refractivity contribution in [2.45, 2.75) is 18.1 Å². The van der Waals surface area contributed by atoms with Crippen LogP contribution in [0.2, 0.25) is 0 Å². The maximum atomic E-state index is 12.7. The highest BCUT2D eigenvalue weighted by molar-refractivity contribution is 5.84. The molecule has 1 aliphatic heterocycles. The second-order valence-electron chi connectivity index (χ2n) is 4.68. The van der Waals surface area contributed by atoms with Gasteiger partial charge >= 0.3 is 12.1 Å². The van der Waals surface area contributed by atoms with Gasteiger partial charge in [0.15, 0.2) is 0 Å². The number of likely N-dealkylation sites (N-methyl/N-ethyl adjacent to an activating group) is 2. The van der Waals surface area contributed by atoms with Crippen LogP contribution in [0.25, 0.3) is 0 Å². The van der Waals surface area contributed by atoms with Crippen molar-refractivity contribution in [1.82, 2.24) is 15.1 Å². The second kappa shape index (κ2) is 5.58. The predicted octanol–water partition coefficient (Wildman–Crippen LogP) is 0.546. The van der Waals surface area contributed by atoms with Crippen molar-refractivity contribution >= 4 is 5.91 Å². The molecule has 1 unspecified atom stereocenters. The zero-order valence-electron chi connectivity index (χ0n) is 10.6. The predicted molar refractivity (Wildman–Crippen MR) is 57.9 cm³/mol. The number of carbonyl (C=O) groups is 1. The van der Waals surface area contributed by atoms with Gasteiger partial charge in [-0.2, -0.15) is 22.0 Å².